The molecule has 1 rings (SSSR count). The molecule has 7 nitrogen and oxygen atoms in total. The van der Waals surface area contributed by atoms with Gasteiger partial charge in [0.2, 0.25) is 6.17 Å². The van der Waals surface area contributed by atoms with Gasteiger partial charge in [-0.05, 0) is 0 Å². The molecule has 0 radical (unpaired) electrons. The van der Waals surface area contributed by atoms with Crippen LogP contribution in [0.4, 0.5) is 9.18 Å². The zero-order valence-corrected chi connectivity index (χ0v) is 7.90. The van der Waals surface area contributed by atoms with E-state index in [1.54, 1.807) is 5.32 Å². The quantitative estimate of drug-likeness (QED) is 0.501. The third-order valence-electron chi connectivity index (χ3n) is 1.72. The molecule has 1 aliphatic rings. The van der Waals surface area contributed by atoms with Gasteiger partial charge in [-0.1, -0.05) is 0 Å². The van der Waals surface area contributed by atoms with E-state index in [0.717, 1.165) is 0 Å². The maximum atomic E-state index is 13.1. The molecule has 3 N–H and O–H groups in total. The van der Waals surface area contributed by atoms with E-state index in [-0.39, 0.29) is 6.61 Å². The highest BCUT2D eigenvalue weighted by Crippen LogP contribution is 2.06. The van der Waals surface area contributed by atoms with Crippen LogP contribution in [0.25, 0.3) is 0 Å². The average Bonchev–Trinajstić information content (AvgIpc) is 2.20. The van der Waals surface area contributed by atoms with Crippen LogP contribution in [-0.2, 0) is 14.3 Å². The summed E-state index contributed by atoms with van der Waals surface area (Å²) in [5.41, 5.74) is 0. The lowest BCUT2D eigenvalue weighted by molar-refractivity contribution is -0.156. The number of methoxy groups -OCH3 is 1. The zero-order valence-electron chi connectivity index (χ0n) is 7.90. The van der Waals surface area contributed by atoms with Crippen LogP contribution in [-0.4, -0.2) is 49.5 Å². The second-order valence-corrected chi connectivity index (χ2v) is 2.81. The Morgan fingerprint density at radius 3 is 2.87 bits per heavy atom. The second kappa shape index (κ2) is 5.01. The zero-order chi connectivity index (χ0) is 11.4. The number of carbonyl (C=O) groups is 2. The maximum absolute atomic E-state index is 13.1. The van der Waals surface area contributed by atoms with E-state index in [4.69, 9.17) is 9.84 Å². The van der Waals surface area contributed by atoms with E-state index >= 15 is 0 Å². The van der Waals surface area contributed by atoms with Crippen LogP contribution in [0.15, 0.2) is 0 Å². The molecule has 1 heterocycles. The van der Waals surface area contributed by atoms with Crippen LogP contribution >= 0.6 is 0 Å². The van der Waals surface area contributed by atoms with E-state index in [2.05, 4.69) is 4.74 Å². The summed E-state index contributed by atoms with van der Waals surface area (Å²) in [4.78, 5) is 21.6. The topological polar surface area (TPSA) is 96.9 Å². The lowest BCUT2D eigenvalue weighted by Gasteiger charge is -2.26. The van der Waals surface area contributed by atoms with Crippen LogP contribution in [0.5, 0.6) is 0 Å². The molecule has 0 bridgehead atoms. The summed E-state index contributed by atoms with van der Waals surface area (Å²) >= 11 is 0. The highest BCUT2D eigenvalue weighted by molar-refractivity contribution is 5.99. The average molecular weight is 222 g/mol. The van der Waals surface area contributed by atoms with E-state index in [9.17, 15) is 14.0 Å². The fraction of sp³-hybridized carbons (Fsp3) is 0.714. The van der Waals surface area contributed by atoms with Gasteiger partial charge in [-0.2, -0.15) is 0 Å². The summed E-state index contributed by atoms with van der Waals surface area (Å²) in [5.74, 6) is -1.07. The van der Waals surface area contributed by atoms with Gasteiger partial charge in [-0.25, -0.2) is 9.18 Å². The number of ether oxygens (including phenoxy) is 2. The molecule has 1 unspecified atom stereocenters. The molecule has 3 atom stereocenters. The normalized spacial score (nSPS) is 28.2. The van der Waals surface area contributed by atoms with E-state index in [0.29, 0.717) is 0 Å². The third-order valence-corrected chi connectivity index (χ3v) is 1.72. The number of nitrogens with one attached hydrogen (secondary N) is 2. The number of hydrogen-bond acceptors (Lipinski definition) is 5. The Bertz CT molecular complexity index is 262. The van der Waals surface area contributed by atoms with E-state index in [1.165, 1.54) is 7.11 Å². The summed E-state index contributed by atoms with van der Waals surface area (Å²) in [6.07, 6.45) is -4.65. The summed E-state index contributed by atoms with van der Waals surface area (Å²) < 4.78 is 22.3. The fourth-order valence-corrected chi connectivity index (χ4v) is 0.937. The minimum absolute atomic E-state index is 0.352. The molecule has 0 saturated carbocycles. The van der Waals surface area contributed by atoms with Crippen molar-refractivity contribution in [1.29, 1.82) is 0 Å². The number of rotatable bonds is 4. The molecule has 0 aromatic rings. The number of carbonyl (C=O) groups excluding carboxylic acids is 2. The molecule has 1 fully saturated rings. The van der Waals surface area contributed by atoms with Gasteiger partial charge in [-0.3, -0.25) is 10.1 Å². The second-order valence-electron chi connectivity index (χ2n) is 2.81. The predicted octanol–water partition coefficient (Wildman–Crippen LogP) is -1.53. The number of imide groups is 1. The van der Waals surface area contributed by atoms with Gasteiger partial charge in [-0.15, -0.1) is 0 Å². The van der Waals surface area contributed by atoms with E-state index < -0.39 is 30.6 Å². The minimum atomic E-state index is -2.01. The predicted molar refractivity (Wildman–Crippen MR) is 44.3 cm³/mol. The molecular weight excluding hydrogens is 211 g/mol. The summed E-state index contributed by atoms with van der Waals surface area (Å²) in [6, 6.07) is -0.842. The Morgan fingerprint density at radius 2 is 2.27 bits per heavy atom. The molecule has 0 aromatic heterocycles. The first kappa shape index (κ1) is 11.8. The monoisotopic (exact) mass is 222 g/mol. The molecule has 0 spiro atoms. The molecule has 0 aromatic carbocycles. The van der Waals surface area contributed by atoms with Crippen LogP contribution in [0.1, 0.15) is 0 Å². The highest BCUT2D eigenvalue weighted by Gasteiger charge is 2.36. The van der Waals surface area contributed by atoms with Crippen molar-refractivity contribution >= 4 is 11.9 Å². The number of halogens is 1. The Labute approximate surface area is 84.5 Å². The van der Waals surface area contributed by atoms with Gasteiger partial charge in [0, 0.05) is 7.11 Å². The van der Waals surface area contributed by atoms with Crippen molar-refractivity contribution in [3.63, 3.8) is 0 Å². The minimum Gasteiger partial charge on any atom is -0.366 e. The number of hydrogen-bond donors (Lipinski definition) is 3. The molecule has 15 heavy (non-hydrogen) atoms. The smallest absolute Gasteiger partial charge is 0.323 e. The van der Waals surface area contributed by atoms with Crippen molar-refractivity contribution < 1.29 is 28.6 Å². The van der Waals surface area contributed by atoms with Gasteiger partial charge < -0.3 is 19.9 Å². The molecule has 86 valence electrons. The Morgan fingerprint density at radius 1 is 1.60 bits per heavy atom. The Kier molecular flexibility index (Phi) is 3.95. The first-order valence-corrected chi connectivity index (χ1v) is 4.12. The Balaban J connectivity index is 2.45. The molecule has 8 heteroatoms. The lowest BCUT2D eigenvalue weighted by atomic mass is 10.3. The standard InChI is InChI=1S/C7H11FN2O5/c1-14-3(11)2-15-6-4(8)5(12)9-7(13)10-6/h3-4,6,11H,2H2,1H3,(H2,9,10,12,13)/t3?,4-,6-/m0/s1. The van der Waals surface area contributed by atoms with Gasteiger partial charge in [0.1, 0.15) is 6.61 Å². The summed E-state index contributed by atoms with van der Waals surface area (Å²) in [5, 5.41) is 12.7. The summed E-state index contributed by atoms with van der Waals surface area (Å²) in [6.45, 7) is -0.352. The molecule has 1 aliphatic heterocycles. The molecule has 1 saturated heterocycles. The van der Waals surface area contributed by atoms with Crippen LogP contribution in [0.2, 0.25) is 0 Å². The highest BCUT2D eigenvalue weighted by atomic mass is 19.1. The number of aliphatic hydroxyl groups is 1. The third kappa shape index (κ3) is 3.11. The number of aliphatic hydroxyl groups excluding tert-OH is 1. The molecule has 0 aliphatic carbocycles. The number of amides is 3. The first-order valence-electron chi connectivity index (χ1n) is 4.12. The van der Waals surface area contributed by atoms with Crippen LogP contribution in [0.3, 0.4) is 0 Å². The number of urea groups is 1. The molecular formula is C7H11FN2O5. The van der Waals surface area contributed by atoms with Gasteiger partial charge in [0.05, 0.1) is 0 Å². The summed E-state index contributed by atoms with van der Waals surface area (Å²) in [7, 11) is 1.23. The maximum Gasteiger partial charge on any atom is 0.323 e. The lowest BCUT2D eigenvalue weighted by Crippen LogP contribution is -2.60. The van der Waals surface area contributed by atoms with Crippen LogP contribution < -0.4 is 10.6 Å². The van der Waals surface area contributed by atoms with Crippen molar-refractivity contribution in [1.82, 2.24) is 10.6 Å². The van der Waals surface area contributed by atoms with Crippen molar-refractivity contribution in [2.24, 2.45) is 0 Å². The van der Waals surface area contributed by atoms with Crippen molar-refractivity contribution in [3.8, 4) is 0 Å². The SMILES string of the molecule is COC(O)CO[C@@H]1NC(=O)NC(=O)[C@@H]1F. The number of alkyl halides is 1. The van der Waals surface area contributed by atoms with Gasteiger partial charge >= 0.3 is 6.03 Å². The fourth-order valence-electron chi connectivity index (χ4n) is 0.937. The van der Waals surface area contributed by atoms with Crippen molar-refractivity contribution in [2.75, 3.05) is 13.7 Å². The van der Waals surface area contributed by atoms with Gasteiger partial charge in [0.15, 0.2) is 12.5 Å². The van der Waals surface area contributed by atoms with Crippen molar-refractivity contribution in [3.05, 3.63) is 0 Å². The largest absolute Gasteiger partial charge is 0.366 e. The van der Waals surface area contributed by atoms with E-state index in [1.807, 2.05) is 5.32 Å². The first-order chi connectivity index (χ1) is 7.04. The molecule has 3 amide bonds. The van der Waals surface area contributed by atoms with Crippen molar-refractivity contribution in [2.45, 2.75) is 18.7 Å². The Hall–Kier alpha value is -1.25. The van der Waals surface area contributed by atoms with Crippen LogP contribution in [0, 0.1) is 0 Å². The van der Waals surface area contributed by atoms with Gasteiger partial charge in [0.25, 0.3) is 5.91 Å².